The molecule has 0 fully saturated rings. The highest BCUT2D eigenvalue weighted by Gasteiger charge is 2.16. The van der Waals surface area contributed by atoms with Gasteiger partial charge in [-0.2, -0.15) is 0 Å². The van der Waals surface area contributed by atoms with Crippen molar-refractivity contribution in [3.63, 3.8) is 0 Å². The van der Waals surface area contributed by atoms with Crippen molar-refractivity contribution in [2.75, 3.05) is 6.61 Å². The predicted molar refractivity (Wildman–Crippen MR) is 50.2 cm³/mol. The second kappa shape index (κ2) is 2.67. The Bertz CT molecular complexity index is 333. The van der Waals surface area contributed by atoms with Crippen LogP contribution < -0.4 is 4.74 Å². The molecule has 2 rings (SSSR count). The highest BCUT2D eigenvalue weighted by molar-refractivity contribution is 5.76. The highest BCUT2D eigenvalue weighted by Crippen LogP contribution is 2.34. The SMILES string of the molecule is CC(C)=C1COc2ccccc21. The summed E-state index contributed by atoms with van der Waals surface area (Å²) in [7, 11) is 0. The summed E-state index contributed by atoms with van der Waals surface area (Å²) in [6.07, 6.45) is 0. The van der Waals surface area contributed by atoms with Crippen LogP contribution in [0.2, 0.25) is 0 Å². The van der Waals surface area contributed by atoms with E-state index in [0.717, 1.165) is 12.4 Å². The van der Waals surface area contributed by atoms with Crippen LogP contribution in [0.15, 0.2) is 29.8 Å². The average molecular weight is 160 g/mol. The molecule has 0 aliphatic carbocycles. The standard InChI is InChI=1S/C11H12O/c1-8(2)10-7-12-11-6-4-3-5-9(10)11/h3-6H,7H2,1-2H3. The van der Waals surface area contributed by atoms with Gasteiger partial charge in [0.1, 0.15) is 12.4 Å². The Morgan fingerprint density at radius 3 is 2.75 bits per heavy atom. The molecule has 0 atom stereocenters. The molecule has 12 heavy (non-hydrogen) atoms. The summed E-state index contributed by atoms with van der Waals surface area (Å²) in [6, 6.07) is 8.19. The van der Waals surface area contributed by atoms with Gasteiger partial charge in [-0.05, 0) is 25.5 Å². The Labute approximate surface area is 72.7 Å². The molecule has 1 heterocycles. The lowest BCUT2D eigenvalue weighted by molar-refractivity contribution is 0.388. The molecule has 1 aliphatic rings. The van der Waals surface area contributed by atoms with E-state index in [4.69, 9.17) is 4.74 Å². The van der Waals surface area contributed by atoms with Crippen LogP contribution in [-0.2, 0) is 0 Å². The summed E-state index contributed by atoms with van der Waals surface area (Å²) >= 11 is 0. The molecule has 0 saturated heterocycles. The van der Waals surface area contributed by atoms with Crippen LogP contribution >= 0.6 is 0 Å². The van der Waals surface area contributed by atoms with Gasteiger partial charge in [-0.15, -0.1) is 0 Å². The van der Waals surface area contributed by atoms with Gasteiger partial charge in [-0.25, -0.2) is 0 Å². The lowest BCUT2D eigenvalue weighted by Gasteiger charge is -1.97. The number of ether oxygens (including phenoxy) is 1. The predicted octanol–water partition coefficient (Wildman–Crippen LogP) is 2.87. The van der Waals surface area contributed by atoms with E-state index in [1.807, 2.05) is 12.1 Å². The summed E-state index contributed by atoms with van der Waals surface area (Å²) in [5.74, 6) is 1.02. The normalized spacial score (nSPS) is 14.0. The van der Waals surface area contributed by atoms with E-state index >= 15 is 0 Å². The van der Waals surface area contributed by atoms with Gasteiger partial charge in [-0.3, -0.25) is 0 Å². The van der Waals surface area contributed by atoms with Crippen LogP contribution in [0.4, 0.5) is 0 Å². The van der Waals surface area contributed by atoms with Crippen molar-refractivity contribution in [1.29, 1.82) is 0 Å². The quantitative estimate of drug-likeness (QED) is 0.567. The fourth-order valence-electron chi connectivity index (χ4n) is 1.48. The Morgan fingerprint density at radius 2 is 2.00 bits per heavy atom. The second-order valence-electron chi connectivity index (χ2n) is 3.26. The number of hydrogen-bond acceptors (Lipinski definition) is 1. The van der Waals surface area contributed by atoms with Crippen LogP contribution in [0.25, 0.3) is 5.57 Å². The number of hydrogen-bond donors (Lipinski definition) is 0. The lowest BCUT2D eigenvalue weighted by atomic mass is 10.0. The first kappa shape index (κ1) is 7.41. The van der Waals surface area contributed by atoms with Crippen LogP contribution in [0.5, 0.6) is 5.75 Å². The zero-order valence-electron chi connectivity index (χ0n) is 7.42. The van der Waals surface area contributed by atoms with Crippen LogP contribution in [0.1, 0.15) is 19.4 Å². The third kappa shape index (κ3) is 1.02. The summed E-state index contributed by atoms with van der Waals surface area (Å²) in [4.78, 5) is 0. The molecule has 1 heteroatoms. The van der Waals surface area contributed by atoms with Crippen molar-refractivity contribution in [3.8, 4) is 5.75 Å². The molecule has 0 spiro atoms. The molecule has 1 aromatic rings. The molecule has 0 N–H and O–H groups in total. The fourth-order valence-corrected chi connectivity index (χ4v) is 1.48. The number of para-hydroxylation sites is 1. The molecule has 62 valence electrons. The van der Waals surface area contributed by atoms with Gasteiger partial charge in [0.05, 0.1) is 0 Å². The minimum absolute atomic E-state index is 0.738. The maximum Gasteiger partial charge on any atom is 0.127 e. The molecule has 1 nitrogen and oxygen atoms in total. The minimum atomic E-state index is 0.738. The maximum absolute atomic E-state index is 5.51. The van der Waals surface area contributed by atoms with E-state index in [9.17, 15) is 0 Å². The molecule has 0 radical (unpaired) electrons. The van der Waals surface area contributed by atoms with Gasteiger partial charge in [0, 0.05) is 5.56 Å². The van der Waals surface area contributed by atoms with Crippen LogP contribution in [-0.4, -0.2) is 6.61 Å². The van der Waals surface area contributed by atoms with Crippen molar-refractivity contribution in [3.05, 3.63) is 35.4 Å². The Balaban J connectivity index is 2.57. The molecule has 1 aromatic carbocycles. The Hall–Kier alpha value is -1.24. The molecular formula is C11H12O. The monoisotopic (exact) mass is 160 g/mol. The molecule has 0 bridgehead atoms. The van der Waals surface area contributed by atoms with Gasteiger partial charge in [0.15, 0.2) is 0 Å². The van der Waals surface area contributed by atoms with E-state index in [2.05, 4.69) is 26.0 Å². The van der Waals surface area contributed by atoms with Gasteiger partial charge >= 0.3 is 0 Å². The first-order valence-electron chi connectivity index (χ1n) is 4.17. The maximum atomic E-state index is 5.51. The summed E-state index contributed by atoms with van der Waals surface area (Å²) in [5, 5.41) is 0. The zero-order chi connectivity index (χ0) is 8.55. The number of allylic oxidation sites excluding steroid dienone is 1. The van der Waals surface area contributed by atoms with E-state index in [0.29, 0.717) is 0 Å². The van der Waals surface area contributed by atoms with E-state index in [-0.39, 0.29) is 0 Å². The van der Waals surface area contributed by atoms with Crippen molar-refractivity contribution >= 4 is 5.57 Å². The van der Waals surface area contributed by atoms with E-state index < -0.39 is 0 Å². The van der Waals surface area contributed by atoms with Gasteiger partial charge in [0.25, 0.3) is 0 Å². The van der Waals surface area contributed by atoms with Crippen molar-refractivity contribution in [2.45, 2.75) is 13.8 Å². The Kier molecular flexibility index (Phi) is 1.65. The van der Waals surface area contributed by atoms with E-state index in [1.54, 1.807) is 0 Å². The second-order valence-corrected chi connectivity index (χ2v) is 3.26. The molecule has 0 amide bonds. The smallest absolute Gasteiger partial charge is 0.127 e. The van der Waals surface area contributed by atoms with Crippen molar-refractivity contribution in [1.82, 2.24) is 0 Å². The first-order chi connectivity index (χ1) is 5.79. The number of benzene rings is 1. The molecule has 0 aromatic heterocycles. The van der Waals surface area contributed by atoms with Gasteiger partial charge in [0.2, 0.25) is 0 Å². The molecule has 1 aliphatic heterocycles. The molecular weight excluding hydrogens is 148 g/mol. The van der Waals surface area contributed by atoms with Crippen molar-refractivity contribution in [2.24, 2.45) is 0 Å². The zero-order valence-corrected chi connectivity index (χ0v) is 7.42. The largest absolute Gasteiger partial charge is 0.488 e. The molecule has 0 saturated carbocycles. The van der Waals surface area contributed by atoms with Gasteiger partial charge < -0.3 is 4.74 Å². The summed E-state index contributed by atoms with van der Waals surface area (Å²) in [5.41, 5.74) is 3.95. The molecule has 0 unspecified atom stereocenters. The topological polar surface area (TPSA) is 9.23 Å². The average Bonchev–Trinajstić information content (AvgIpc) is 2.47. The van der Waals surface area contributed by atoms with Gasteiger partial charge in [-0.1, -0.05) is 23.8 Å². The first-order valence-corrected chi connectivity index (χ1v) is 4.17. The number of rotatable bonds is 0. The summed E-state index contributed by atoms with van der Waals surface area (Å²) in [6.45, 7) is 4.99. The lowest BCUT2D eigenvalue weighted by Crippen LogP contribution is -1.88. The third-order valence-corrected chi connectivity index (χ3v) is 2.19. The highest BCUT2D eigenvalue weighted by atomic mass is 16.5. The fraction of sp³-hybridized carbons (Fsp3) is 0.273. The minimum Gasteiger partial charge on any atom is -0.488 e. The van der Waals surface area contributed by atoms with E-state index in [1.165, 1.54) is 16.7 Å². The summed E-state index contributed by atoms with van der Waals surface area (Å²) < 4.78 is 5.51. The van der Waals surface area contributed by atoms with Crippen molar-refractivity contribution < 1.29 is 4.74 Å². The third-order valence-electron chi connectivity index (χ3n) is 2.19. The Morgan fingerprint density at radius 1 is 1.25 bits per heavy atom. The van der Waals surface area contributed by atoms with Crippen LogP contribution in [0, 0.1) is 0 Å². The van der Waals surface area contributed by atoms with Crippen LogP contribution in [0.3, 0.4) is 0 Å². The number of fused-ring (bicyclic) bond motifs is 1.